The van der Waals surface area contributed by atoms with Crippen LogP contribution in [0.25, 0.3) is 0 Å². The van der Waals surface area contributed by atoms with Gasteiger partial charge in [0, 0.05) is 0 Å². The molecule has 0 aromatic heterocycles. The van der Waals surface area contributed by atoms with Gasteiger partial charge in [0.1, 0.15) is 6.10 Å². The number of carbonyl (C=O) groups is 1. The second-order valence-corrected chi connectivity index (χ2v) is 4.77. The lowest BCUT2D eigenvalue weighted by Gasteiger charge is -2.29. The topological polar surface area (TPSA) is 44.8 Å². The van der Waals surface area contributed by atoms with E-state index in [1.165, 1.54) is 6.42 Å². The van der Waals surface area contributed by atoms with E-state index >= 15 is 0 Å². The summed E-state index contributed by atoms with van der Waals surface area (Å²) >= 11 is 0. The lowest BCUT2D eigenvalue weighted by atomic mass is 9.89. The van der Waals surface area contributed by atoms with Crippen LogP contribution in [0.2, 0.25) is 0 Å². The third-order valence-corrected chi connectivity index (χ3v) is 3.25. The minimum Gasteiger partial charge on any atom is -0.460 e. The molecule has 1 saturated heterocycles. The Hall–Kier alpha value is -0.610. The van der Waals surface area contributed by atoms with Gasteiger partial charge < -0.3 is 14.2 Å². The first kappa shape index (κ1) is 11.9. The predicted octanol–water partition coefficient (Wildman–Crippen LogP) is 1.52. The molecule has 4 nitrogen and oxygen atoms in total. The van der Waals surface area contributed by atoms with E-state index in [1.54, 1.807) is 0 Å². The molecule has 2 rings (SSSR count). The Morgan fingerprint density at radius 1 is 1.31 bits per heavy atom. The van der Waals surface area contributed by atoms with E-state index < -0.39 is 6.10 Å². The van der Waals surface area contributed by atoms with Crippen LogP contribution in [0.5, 0.6) is 0 Å². The molecule has 0 bridgehead atoms. The van der Waals surface area contributed by atoms with Crippen molar-refractivity contribution in [1.82, 2.24) is 0 Å². The summed E-state index contributed by atoms with van der Waals surface area (Å²) in [7, 11) is 0. The Balaban J connectivity index is 1.77. The van der Waals surface area contributed by atoms with Crippen molar-refractivity contribution in [3.8, 4) is 0 Å². The summed E-state index contributed by atoms with van der Waals surface area (Å²) in [6.07, 6.45) is 3.95. The highest BCUT2D eigenvalue weighted by Gasteiger charge is 2.28. The van der Waals surface area contributed by atoms with Crippen molar-refractivity contribution in [3.05, 3.63) is 0 Å². The van der Waals surface area contributed by atoms with Crippen LogP contribution in [-0.4, -0.2) is 38.0 Å². The Morgan fingerprint density at radius 3 is 2.88 bits per heavy atom. The molecule has 0 radical (unpaired) electrons. The van der Waals surface area contributed by atoms with Crippen molar-refractivity contribution in [2.24, 2.45) is 5.92 Å². The van der Waals surface area contributed by atoms with Gasteiger partial charge in [-0.1, -0.05) is 13.3 Å². The zero-order valence-corrected chi connectivity index (χ0v) is 9.81. The minimum atomic E-state index is -0.508. The van der Waals surface area contributed by atoms with E-state index in [0.29, 0.717) is 25.7 Å². The van der Waals surface area contributed by atoms with Crippen molar-refractivity contribution >= 4 is 5.97 Å². The highest BCUT2D eigenvalue weighted by Crippen LogP contribution is 2.26. The van der Waals surface area contributed by atoms with Crippen LogP contribution in [0.1, 0.15) is 32.6 Å². The maximum atomic E-state index is 11.7. The average Bonchev–Trinajstić information content (AvgIpc) is 2.30. The fraction of sp³-hybridized carbons (Fsp3) is 0.917. The molecule has 2 aliphatic rings. The summed E-state index contributed by atoms with van der Waals surface area (Å²) < 4.78 is 16.0. The van der Waals surface area contributed by atoms with E-state index in [4.69, 9.17) is 14.2 Å². The fourth-order valence-corrected chi connectivity index (χ4v) is 2.35. The molecular weight excluding hydrogens is 208 g/mol. The van der Waals surface area contributed by atoms with E-state index in [9.17, 15) is 4.79 Å². The maximum Gasteiger partial charge on any atom is 0.337 e. The smallest absolute Gasteiger partial charge is 0.337 e. The van der Waals surface area contributed by atoms with Gasteiger partial charge in [-0.3, -0.25) is 0 Å². The molecule has 4 heteroatoms. The van der Waals surface area contributed by atoms with Crippen LogP contribution in [0, 0.1) is 5.92 Å². The van der Waals surface area contributed by atoms with Crippen LogP contribution in [0.15, 0.2) is 0 Å². The summed E-state index contributed by atoms with van der Waals surface area (Å²) in [5.74, 6) is 0.411. The lowest BCUT2D eigenvalue weighted by molar-refractivity contribution is -0.177. The number of hydrogen-bond donors (Lipinski definition) is 0. The lowest BCUT2D eigenvalue weighted by Crippen LogP contribution is -2.39. The predicted molar refractivity (Wildman–Crippen MR) is 58.1 cm³/mol. The number of rotatable bonds is 2. The second-order valence-electron chi connectivity index (χ2n) is 4.77. The van der Waals surface area contributed by atoms with Crippen molar-refractivity contribution in [2.45, 2.75) is 44.8 Å². The molecule has 0 spiro atoms. The van der Waals surface area contributed by atoms with Gasteiger partial charge in [-0.2, -0.15) is 0 Å². The van der Waals surface area contributed by atoms with Gasteiger partial charge in [0.2, 0.25) is 0 Å². The Kier molecular flexibility index (Phi) is 4.18. The number of esters is 1. The molecule has 3 atom stereocenters. The fourth-order valence-electron chi connectivity index (χ4n) is 2.35. The molecule has 1 saturated carbocycles. The molecular formula is C12H20O4. The van der Waals surface area contributed by atoms with Gasteiger partial charge >= 0.3 is 5.97 Å². The van der Waals surface area contributed by atoms with Crippen LogP contribution in [-0.2, 0) is 19.0 Å². The van der Waals surface area contributed by atoms with Crippen molar-refractivity contribution < 1.29 is 19.0 Å². The first-order valence-electron chi connectivity index (χ1n) is 6.15. The van der Waals surface area contributed by atoms with Crippen LogP contribution < -0.4 is 0 Å². The van der Waals surface area contributed by atoms with Gasteiger partial charge in [-0.05, 0) is 25.2 Å². The largest absolute Gasteiger partial charge is 0.460 e. The van der Waals surface area contributed by atoms with E-state index in [1.807, 2.05) is 0 Å². The summed E-state index contributed by atoms with van der Waals surface area (Å²) in [5, 5.41) is 0. The third-order valence-electron chi connectivity index (χ3n) is 3.25. The first-order valence-corrected chi connectivity index (χ1v) is 6.15. The van der Waals surface area contributed by atoms with Gasteiger partial charge in [0.25, 0.3) is 0 Å². The van der Waals surface area contributed by atoms with Gasteiger partial charge in [-0.25, -0.2) is 4.79 Å². The molecule has 2 fully saturated rings. The van der Waals surface area contributed by atoms with Crippen molar-refractivity contribution in [2.75, 3.05) is 19.8 Å². The normalized spacial score (nSPS) is 35.7. The van der Waals surface area contributed by atoms with Gasteiger partial charge in [-0.15, -0.1) is 0 Å². The zero-order chi connectivity index (χ0) is 11.4. The van der Waals surface area contributed by atoms with Crippen LogP contribution in [0.3, 0.4) is 0 Å². The molecule has 16 heavy (non-hydrogen) atoms. The van der Waals surface area contributed by atoms with E-state index in [-0.39, 0.29) is 12.1 Å². The molecule has 3 unspecified atom stereocenters. The quantitative estimate of drug-likeness (QED) is 0.672. The van der Waals surface area contributed by atoms with E-state index in [2.05, 4.69) is 6.92 Å². The monoisotopic (exact) mass is 228 g/mol. The van der Waals surface area contributed by atoms with Crippen LogP contribution in [0.4, 0.5) is 0 Å². The zero-order valence-electron chi connectivity index (χ0n) is 9.81. The molecule has 0 aromatic carbocycles. The number of hydrogen-bond acceptors (Lipinski definition) is 4. The van der Waals surface area contributed by atoms with Crippen molar-refractivity contribution in [3.63, 3.8) is 0 Å². The third kappa shape index (κ3) is 3.19. The summed E-state index contributed by atoms with van der Waals surface area (Å²) in [6.45, 7) is 3.60. The summed E-state index contributed by atoms with van der Waals surface area (Å²) in [5.41, 5.74) is 0. The van der Waals surface area contributed by atoms with E-state index in [0.717, 1.165) is 19.3 Å². The Labute approximate surface area is 96.2 Å². The Morgan fingerprint density at radius 2 is 2.19 bits per heavy atom. The first-order chi connectivity index (χ1) is 7.75. The molecule has 1 aliphatic heterocycles. The second kappa shape index (κ2) is 5.64. The van der Waals surface area contributed by atoms with Gasteiger partial charge in [0.15, 0.2) is 6.10 Å². The summed E-state index contributed by atoms with van der Waals surface area (Å²) in [4.78, 5) is 11.7. The molecule has 1 heterocycles. The van der Waals surface area contributed by atoms with Crippen LogP contribution >= 0.6 is 0 Å². The SMILES string of the molecule is CC1CCCC(OC(=O)C2COCCO2)C1. The standard InChI is InChI=1S/C12H20O4/c1-9-3-2-4-10(7-9)16-12(13)11-8-14-5-6-15-11/h9-11H,2-8H2,1H3. The highest BCUT2D eigenvalue weighted by molar-refractivity contribution is 5.75. The number of carbonyl (C=O) groups excluding carboxylic acids is 1. The highest BCUT2D eigenvalue weighted by atomic mass is 16.6. The molecule has 0 amide bonds. The molecule has 0 N–H and O–H groups in total. The van der Waals surface area contributed by atoms with Crippen molar-refractivity contribution in [1.29, 1.82) is 0 Å². The molecule has 0 aromatic rings. The summed E-state index contributed by atoms with van der Waals surface area (Å²) in [6, 6.07) is 0. The average molecular weight is 228 g/mol. The number of ether oxygens (including phenoxy) is 3. The van der Waals surface area contributed by atoms with Gasteiger partial charge in [0.05, 0.1) is 19.8 Å². The minimum absolute atomic E-state index is 0.0850. The Bertz CT molecular complexity index is 235. The molecule has 1 aliphatic carbocycles. The molecule has 92 valence electrons. The maximum absolute atomic E-state index is 11.7.